The topological polar surface area (TPSA) is 61.9 Å². The van der Waals surface area contributed by atoms with Gasteiger partial charge in [-0.3, -0.25) is 4.79 Å². The van der Waals surface area contributed by atoms with Crippen LogP contribution in [0.25, 0.3) is 0 Å². The van der Waals surface area contributed by atoms with E-state index in [4.69, 9.17) is 4.74 Å². The fourth-order valence-corrected chi connectivity index (χ4v) is 4.54. The maximum absolute atomic E-state index is 12.6. The number of urea groups is 1. The van der Waals surface area contributed by atoms with Crippen LogP contribution in [-0.4, -0.2) is 67.2 Å². The van der Waals surface area contributed by atoms with Crippen molar-refractivity contribution in [3.05, 3.63) is 35.9 Å². The number of fused-ring (bicyclic) bond motifs is 1. The van der Waals surface area contributed by atoms with Crippen LogP contribution in [0.4, 0.5) is 4.79 Å². The Morgan fingerprint density at radius 1 is 1.18 bits per heavy atom. The molecule has 154 valence electrons. The fourth-order valence-electron chi connectivity index (χ4n) is 4.54. The lowest BCUT2D eigenvalue weighted by atomic mass is 9.76. The van der Waals surface area contributed by atoms with E-state index in [-0.39, 0.29) is 30.0 Å². The summed E-state index contributed by atoms with van der Waals surface area (Å²) < 4.78 is 5.33. The van der Waals surface area contributed by atoms with E-state index in [9.17, 15) is 9.59 Å². The molecular weight excluding hydrogens is 354 g/mol. The van der Waals surface area contributed by atoms with Crippen LogP contribution in [0.2, 0.25) is 0 Å². The minimum absolute atomic E-state index is 0.00989. The van der Waals surface area contributed by atoms with Gasteiger partial charge in [-0.1, -0.05) is 30.3 Å². The molecule has 6 heteroatoms. The van der Waals surface area contributed by atoms with Crippen LogP contribution in [0, 0.1) is 11.3 Å². The molecule has 2 aliphatic rings. The number of nitrogens with zero attached hydrogens (tertiary/aromatic N) is 2. The number of aryl methyl sites for hydroxylation is 1. The largest absolute Gasteiger partial charge is 0.372 e. The lowest BCUT2D eigenvalue weighted by Crippen LogP contribution is -2.45. The number of likely N-dealkylation sites (tertiary alicyclic amines) is 2. The highest BCUT2D eigenvalue weighted by atomic mass is 16.5. The molecule has 3 amide bonds. The van der Waals surface area contributed by atoms with Gasteiger partial charge in [0.1, 0.15) is 6.61 Å². The SMILES string of the molecule is CCOCC(=O)N1CC2CN(C(=O)NC(C)C)CC2(CCc2ccccc2)C1. The highest BCUT2D eigenvalue weighted by molar-refractivity contribution is 5.78. The average Bonchev–Trinajstić information content (AvgIpc) is 3.19. The Hall–Kier alpha value is -2.08. The van der Waals surface area contributed by atoms with E-state index < -0.39 is 0 Å². The zero-order chi connectivity index (χ0) is 20.1. The van der Waals surface area contributed by atoms with E-state index in [1.165, 1.54) is 5.56 Å². The van der Waals surface area contributed by atoms with E-state index in [1.54, 1.807) is 0 Å². The predicted molar refractivity (Wildman–Crippen MR) is 109 cm³/mol. The van der Waals surface area contributed by atoms with Crippen LogP contribution in [0.3, 0.4) is 0 Å². The minimum atomic E-state index is -0.0357. The first-order valence-electron chi connectivity index (χ1n) is 10.4. The number of hydrogen-bond acceptors (Lipinski definition) is 3. The zero-order valence-electron chi connectivity index (χ0n) is 17.3. The van der Waals surface area contributed by atoms with E-state index in [1.807, 2.05) is 36.6 Å². The highest BCUT2D eigenvalue weighted by Crippen LogP contribution is 2.45. The van der Waals surface area contributed by atoms with Crippen molar-refractivity contribution in [3.8, 4) is 0 Å². The summed E-state index contributed by atoms with van der Waals surface area (Å²) in [6.07, 6.45) is 1.94. The summed E-state index contributed by atoms with van der Waals surface area (Å²) in [5.41, 5.74) is 1.27. The predicted octanol–water partition coefficient (Wildman–Crippen LogP) is 2.53. The van der Waals surface area contributed by atoms with Crippen molar-refractivity contribution >= 4 is 11.9 Å². The normalized spacial score (nSPS) is 23.9. The van der Waals surface area contributed by atoms with Gasteiger partial charge in [0, 0.05) is 50.2 Å². The molecule has 0 spiro atoms. The first-order chi connectivity index (χ1) is 13.4. The molecule has 1 aromatic rings. The third-order valence-corrected chi connectivity index (χ3v) is 6.00. The van der Waals surface area contributed by atoms with Gasteiger partial charge in [0.05, 0.1) is 0 Å². The molecule has 3 rings (SSSR count). The van der Waals surface area contributed by atoms with Gasteiger partial charge < -0.3 is 19.9 Å². The number of nitrogens with one attached hydrogen (secondary N) is 1. The third-order valence-electron chi connectivity index (χ3n) is 6.00. The molecule has 0 aromatic heterocycles. The van der Waals surface area contributed by atoms with Gasteiger partial charge in [0.25, 0.3) is 0 Å². The van der Waals surface area contributed by atoms with Gasteiger partial charge >= 0.3 is 6.03 Å². The van der Waals surface area contributed by atoms with Crippen LogP contribution in [0.15, 0.2) is 30.3 Å². The molecule has 2 saturated heterocycles. The first kappa shape index (κ1) is 20.6. The molecule has 2 atom stereocenters. The fraction of sp³-hybridized carbons (Fsp3) is 0.636. The number of rotatable bonds is 7. The second-order valence-corrected chi connectivity index (χ2v) is 8.44. The molecule has 0 radical (unpaired) electrons. The Bertz CT molecular complexity index is 679. The van der Waals surface area contributed by atoms with Crippen molar-refractivity contribution in [3.63, 3.8) is 0 Å². The van der Waals surface area contributed by atoms with Crippen LogP contribution >= 0.6 is 0 Å². The standard InChI is InChI=1S/C22H33N3O3/c1-4-28-14-20(26)24-12-19-13-25(21(27)23-17(2)3)16-22(19,15-24)11-10-18-8-6-5-7-9-18/h5-9,17,19H,4,10-16H2,1-3H3,(H,23,27). The van der Waals surface area contributed by atoms with Crippen molar-refractivity contribution in [1.82, 2.24) is 15.1 Å². The summed E-state index contributed by atoms with van der Waals surface area (Å²) in [6.45, 7) is 9.41. The van der Waals surface area contributed by atoms with Crippen LogP contribution in [0.5, 0.6) is 0 Å². The number of hydrogen-bond donors (Lipinski definition) is 1. The van der Waals surface area contributed by atoms with E-state index in [2.05, 4.69) is 29.6 Å². The van der Waals surface area contributed by atoms with Gasteiger partial charge in [0.15, 0.2) is 0 Å². The van der Waals surface area contributed by atoms with Crippen LogP contribution in [0.1, 0.15) is 32.8 Å². The summed E-state index contributed by atoms with van der Waals surface area (Å²) in [6, 6.07) is 10.6. The van der Waals surface area contributed by atoms with Gasteiger partial charge in [-0.2, -0.15) is 0 Å². The Morgan fingerprint density at radius 3 is 2.54 bits per heavy atom. The Balaban J connectivity index is 1.71. The number of benzene rings is 1. The van der Waals surface area contributed by atoms with Gasteiger partial charge in [-0.15, -0.1) is 0 Å². The lowest BCUT2D eigenvalue weighted by Gasteiger charge is -2.30. The van der Waals surface area contributed by atoms with Crippen LogP contribution < -0.4 is 5.32 Å². The molecule has 0 saturated carbocycles. The van der Waals surface area contributed by atoms with Crippen LogP contribution in [-0.2, 0) is 16.0 Å². The van der Waals surface area contributed by atoms with E-state index in [0.717, 1.165) is 12.8 Å². The molecule has 1 N–H and O–H groups in total. The van der Waals surface area contributed by atoms with Crippen molar-refractivity contribution < 1.29 is 14.3 Å². The second-order valence-electron chi connectivity index (χ2n) is 8.44. The summed E-state index contributed by atoms with van der Waals surface area (Å²) in [4.78, 5) is 29.0. The Morgan fingerprint density at radius 2 is 1.86 bits per heavy atom. The van der Waals surface area contributed by atoms with Gasteiger partial charge in [-0.05, 0) is 39.2 Å². The van der Waals surface area contributed by atoms with Crippen molar-refractivity contribution in [2.45, 2.75) is 39.7 Å². The molecule has 0 bridgehead atoms. The molecule has 0 aliphatic carbocycles. The smallest absolute Gasteiger partial charge is 0.317 e. The molecule has 1 aromatic carbocycles. The number of carbonyl (C=O) groups is 2. The summed E-state index contributed by atoms with van der Waals surface area (Å²) in [5, 5.41) is 3.01. The first-order valence-corrected chi connectivity index (χ1v) is 10.4. The molecule has 2 fully saturated rings. The second kappa shape index (κ2) is 8.95. The van der Waals surface area contributed by atoms with E-state index in [0.29, 0.717) is 38.7 Å². The zero-order valence-corrected chi connectivity index (χ0v) is 17.3. The maximum Gasteiger partial charge on any atom is 0.317 e. The molecule has 2 heterocycles. The van der Waals surface area contributed by atoms with Crippen molar-refractivity contribution in [1.29, 1.82) is 0 Å². The molecule has 6 nitrogen and oxygen atoms in total. The summed E-state index contributed by atoms with van der Waals surface area (Å²) >= 11 is 0. The molecule has 28 heavy (non-hydrogen) atoms. The lowest BCUT2D eigenvalue weighted by molar-refractivity contribution is -0.135. The highest BCUT2D eigenvalue weighted by Gasteiger charge is 2.53. The minimum Gasteiger partial charge on any atom is -0.372 e. The Labute approximate surface area is 168 Å². The quantitative estimate of drug-likeness (QED) is 0.782. The third kappa shape index (κ3) is 4.66. The number of carbonyl (C=O) groups excluding carboxylic acids is 2. The number of amides is 3. The Kier molecular flexibility index (Phi) is 6.60. The monoisotopic (exact) mass is 387 g/mol. The summed E-state index contributed by atoms with van der Waals surface area (Å²) in [5.74, 6) is 0.383. The van der Waals surface area contributed by atoms with E-state index >= 15 is 0 Å². The van der Waals surface area contributed by atoms with Crippen molar-refractivity contribution in [2.75, 3.05) is 39.4 Å². The van der Waals surface area contributed by atoms with Gasteiger partial charge in [-0.25, -0.2) is 4.79 Å². The summed E-state index contributed by atoms with van der Waals surface area (Å²) in [7, 11) is 0. The molecule has 2 unspecified atom stereocenters. The molecular formula is C22H33N3O3. The van der Waals surface area contributed by atoms with Gasteiger partial charge in [0.2, 0.25) is 5.91 Å². The average molecular weight is 388 g/mol. The van der Waals surface area contributed by atoms with Crippen molar-refractivity contribution in [2.24, 2.45) is 11.3 Å². The molecule has 2 aliphatic heterocycles. The maximum atomic E-state index is 12.6. The number of ether oxygens (including phenoxy) is 1.